The predicted octanol–water partition coefficient (Wildman–Crippen LogP) is 4.80. The summed E-state index contributed by atoms with van der Waals surface area (Å²) in [6, 6.07) is 21.8. The standard InChI is InChI=1S/C26H28N2O4S/c1-2-32-25-12-6-4-10-23(25)27-26(29)18-15-20-13-16-22(17-14-20)33(30,31)28-19-7-9-21-8-3-5-11-24(21)28/h3-6,8,10-14,16-17H,2,7,9,15,18-19H2,1H3,(H,27,29). The van der Waals surface area contributed by atoms with Crippen LogP contribution in [0.3, 0.4) is 0 Å². The van der Waals surface area contributed by atoms with Crippen LogP contribution >= 0.6 is 0 Å². The number of aryl methyl sites for hydroxylation is 2. The fraction of sp³-hybridized carbons (Fsp3) is 0.269. The molecule has 7 heteroatoms. The first kappa shape index (κ1) is 22.9. The third kappa shape index (κ3) is 5.20. The summed E-state index contributed by atoms with van der Waals surface area (Å²) in [7, 11) is -3.63. The molecule has 1 heterocycles. The number of sulfonamides is 1. The van der Waals surface area contributed by atoms with E-state index in [1.165, 1.54) is 4.31 Å². The lowest BCUT2D eigenvalue weighted by atomic mass is 10.0. The molecule has 4 rings (SSSR count). The number of rotatable bonds is 8. The number of nitrogens with one attached hydrogen (secondary N) is 1. The average molecular weight is 465 g/mol. The van der Waals surface area contributed by atoms with Gasteiger partial charge in [0.25, 0.3) is 10.0 Å². The molecule has 0 fully saturated rings. The van der Waals surface area contributed by atoms with E-state index in [1.807, 2.05) is 49.4 Å². The van der Waals surface area contributed by atoms with Crippen molar-refractivity contribution < 1.29 is 17.9 Å². The number of amides is 1. The first-order chi connectivity index (χ1) is 16.0. The Morgan fingerprint density at radius 3 is 2.52 bits per heavy atom. The molecule has 0 unspecified atom stereocenters. The van der Waals surface area contributed by atoms with Gasteiger partial charge in [-0.3, -0.25) is 9.10 Å². The molecule has 33 heavy (non-hydrogen) atoms. The lowest BCUT2D eigenvalue weighted by Crippen LogP contribution is -2.35. The Bertz CT molecular complexity index is 1220. The van der Waals surface area contributed by atoms with E-state index in [1.54, 1.807) is 30.3 Å². The van der Waals surface area contributed by atoms with Crippen molar-refractivity contribution in [2.45, 2.75) is 37.5 Å². The van der Waals surface area contributed by atoms with Crippen molar-refractivity contribution in [2.75, 3.05) is 22.8 Å². The van der Waals surface area contributed by atoms with Gasteiger partial charge in [0.05, 0.1) is 22.9 Å². The highest BCUT2D eigenvalue weighted by Gasteiger charge is 2.28. The first-order valence-corrected chi connectivity index (χ1v) is 12.6. The van der Waals surface area contributed by atoms with Crippen molar-refractivity contribution in [2.24, 2.45) is 0 Å². The average Bonchev–Trinajstić information content (AvgIpc) is 2.84. The minimum Gasteiger partial charge on any atom is -0.492 e. The van der Waals surface area contributed by atoms with E-state index < -0.39 is 10.0 Å². The van der Waals surface area contributed by atoms with Crippen LogP contribution in [0.25, 0.3) is 0 Å². The highest BCUT2D eigenvalue weighted by atomic mass is 32.2. The van der Waals surface area contributed by atoms with Gasteiger partial charge in [-0.15, -0.1) is 0 Å². The fourth-order valence-electron chi connectivity index (χ4n) is 4.03. The van der Waals surface area contributed by atoms with Gasteiger partial charge in [0.2, 0.25) is 5.91 Å². The molecule has 1 N–H and O–H groups in total. The highest BCUT2D eigenvalue weighted by molar-refractivity contribution is 7.92. The van der Waals surface area contributed by atoms with E-state index >= 15 is 0 Å². The van der Waals surface area contributed by atoms with Crippen LogP contribution in [0.1, 0.15) is 30.9 Å². The quantitative estimate of drug-likeness (QED) is 0.520. The van der Waals surface area contributed by atoms with Gasteiger partial charge in [-0.2, -0.15) is 0 Å². The molecular formula is C26H28N2O4S. The van der Waals surface area contributed by atoms with Gasteiger partial charge in [-0.05, 0) is 67.6 Å². The van der Waals surface area contributed by atoms with Crippen molar-refractivity contribution >= 4 is 27.3 Å². The van der Waals surface area contributed by atoms with E-state index in [0.29, 0.717) is 31.0 Å². The van der Waals surface area contributed by atoms with Crippen molar-refractivity contribution in [1.29, 1.82) is 0 Å². The Morgan fingerprint density at radius 1 is 1.00 bits per heavy atom. The Hall–Kier alpha value is -3.32. The van der Waals surface area contributed by atoms with Crippen LogP contribution < -0.4 is 14.4 Å². The number of hydrogen-bond acceptors (Lipinski definition) is 4. The van der Waals surface area contributed by atoms with Crippen molar-refractivity contribution in [3.8, 4) is 5.75 Å². The Kier molecular flexibility index (Phi) is 6.99. The summed E-state index contributed by atoms with van der Waals surface area (Å²) in [6.45, 7) is 2.89. The van der Waals surface area contributed by atoms with Gasteiger partial charge >= 0.3 is 0 Å². The number of carbonyl (C=O) groups is 1. The number of nitrogens with zero attached hydrogens (tertiary/aromatic N) is 1. The number of hydrogen-bond donors (Lipinski definition) is 1. The Balaban J connectivity index is 1.40. The number of anilines is 2. The number of fused-ring (bicyclic) bond motifs is 1. The molecule has 0 aliphatic carbocycles. The van der Waals surface area contributed by atoms with Gasteiger partial charge in [0.15, 0.2) is 0 Å². The summed E-state index contributed by atoms with van der Waals surface area (Å²) in [5, 5.41) is 2.89. The van der Waals surface area contributed by atoms with E-state index in [0.717, 1.165) is 29.7 Å². The van der Waals surface area contributed by atoms with Crippen LogP contribution in [0.15, 0.2) is 77.7 Å². The lowest BCUT2D eigenvalue weighted by Gasteiger charge is -2.30. The molecule has 0 spiro atoms. The maximum absolute atomic E-state index is 13.3. The topological polar surface area (TPSA) is 75.7 Å². The molecule has 0 saturated carbocycles. The van der Waals surface area contributed by atoms with E-state index in [-0.39, 0.29) is 17.2 Å². The molecule has 0 saturated heterocycles. The second-order valence-electron chi connectivity index (χ2n) is 7.93. The first-order valence-electron chi connectivity index (χ1n) is 11.2. The normalized spacial score (nSPS) is 13.3. The fourth-order valence-corrected chi connectivity index (χ4v) is 5.57. The van der Waals surface area contributed by atoms with E-state index in [2.05, 4.69) is 5.32 Å². The maximum Gasteiger partial charge on any atom is 0.264 e. The van der Waals surface area contributed by atoms with Crippen molar-refractivity contribution in [1.82, 2.24) is 0 Å². The zero-order valence-corrected chi connectivity index (χ0v) is 19.5. The number of para-hydroxylation sites is 3. The van der Waals surface area contributed by atoms with Gasteiger partial charge in [-0.1, -0.05) is 42.5 Å². The van der Waals surface area contributed by atoms with Crippen LogP contribution in [0, 0.1) is 0 Å². The van der Waals surface area contributed by atoms with Crippen LogP contribution in [-0.2, 0) is 27.7 Å². The van der Waals surface area contributed by atoms with Gasteiger partial charge in [0, 0.05) is 13.0 Å². The third-order valence-electron chi connectivity index (χ3n) is 5.68. The maximum atomic E-state index is 13.3. The lowest BCUT2D eigenvalue weighted by molar-refractivity contribution is -0.116. The van der Waals surface area contributed by atoms with Gasteiger partial charge in [0.1, 0.15) is 5.75 Å². The molecule has 1 amide bonds. The van der Waals surface area contributed by atoms with Crippen molar-refractivity contribution in [3.63, 3.8) is 0 Å². The molecule has 0 atom stereocenters. The van der Waals surface area contributed by atoms with E-state index in [9.17, 15) is 13.2 Å². The molecule has 3 aromatic rings. The predicted molar refractivity (Wildman–Crippen MR) is 130 cm³/mol. The molecule has 0 bridgehead atoms. The summed E-state index contributed by atoms with van der Waals surface area (Å²) >= 11 is 0. The van der Waals surface area contributed by atoms with Gasteiger partial charge < -0.3 is 10.1 Å². The highest BCUT2D eigenvalue weighted by Crippen LogP contribution is 2.32. The van der Waals surface area contributed by atoms with Crippen LogP contribution in [0.2, 0.25) is 0 Å². The van der Waals surface area contributed by atoms with E-state index in [4.69, 9.17) is 4.74 Å². The number of carbonyl (C=O) groups excluding carboxylic acids is 1. The summed E-state index contributed by atoms with van der Waals surface area (Å²) in [5.74, 6) is 0.519. The molecule has 3 aromatic carbocycles. The van der Waals surface area contributed by atoms with Crippen molar-refractivity contribution in [3.05, 3.63) is 83.9 Å². The molecule has 0 aromatic heterocycles. The second-order valence-corrected chi connectivity index (χ2v) is 9.79. The SMILES string of the molecule is CCOc1ccccc1NC(=O)CCc1ccc(S(=O)(=O)N2CCCc3ccccc32)cc1. The van der Waals surface area contributed by atoms with Crippen LogP contribution in [0.5, 0.6) is 5.75 Å². The van der Waals surface area contributed by atoms with Crippen LogP contribution in [-0.4, -0.2) is 27.5 Å². The zero-order valence-electron chi connectivity index (χ0n) is 18.7. The molecular weight excluding hydrogens is 436 g/mol. The Labute approximate surface area is 195 Å². The third-order valence-corrected chi connectivity index (χ3v) is 7.51. The minimum absolute atomic E-state index is 0.122. The van der Waals surface area contributed by atoms with Crippen LogP contribution in [0.4, 0.5) is 11.4 Å². The summed E-state index contributed by atoms with van der Waals surface area (Å²) in [5.41, 5.74) is 3.37. The molecule has 172 valence electrons. The zero-order chi connectivity index (χ0) is 23.3. The summed E-state index contributed by atoms with van der Waals surface area (Å²) in [4.78, 5) is 12.7. The smallest absolute Gasteiger partial charge is 0.264 e. The summed E-state index contributed by atoms with van der Waals surface area (Å²) < 4.78 is 33.6. The molecule has 6 nitrogen and oxygen atoms in total. The minimum atomic E-state index is -3.63. The number of benzene rings is 3. The second kappa shape index (κ2) is 10.1. The summed E-state index contributed by atoms with van der Waals surface area (Å²) in [6.07, 6.45) is 2.48. The largest absolute Gasteiger partial charge is 0.492 e. The van der Waals surface area contributed by atoms with Gasteiger partial charge in [-0.25, -0.2) is 8.42 Å². The molecule has 0 radical (unpaired) electrons. The molecule has 1 aliphatic rings. The monoisotopic (exact) mass is 464 g/mol. The molecule has 1 aliphatic heterocycles. The Morgan fingerprint density at radius 2 is 1.73 bits per heavy atom. The number of ether oxygens (including phenoxy) is 1.